The molecule has 0 bridgehead atoms. The molecule has 1 unspecified atom stereocenters. The van der Waals surface area contributed by atoms with Gasteiger partial charge in [0.05, 0.1) is 6.42 Å². The van der Waals surface area contributed by atoms with Crippen LogP contribution in [-0.2, 0) is 28.6 Å². The van der Waals surface area contributed by atoms with Gasteiger partial charge in [-0.2, -0.15) is 0 Å². The van der Waals surface area contributed by atoms with Crippen molar-refractivity contribution in [3.05, 3.63) is 109 Å². The van der Waals surface area contributed by atoms with E-state index in [1.54, 1.807) is 6.08 Å². The summed E-state index contributed by atoms with van der Waals surface area (Å²) in [6.07, 6.45) is 85.5. The molecule has 0 aliphatic heterocycles. The standard InChI is InChI=1S/C69H116O6/c1-4-7-10-13-16-19-22-25-28-30-32-33-34-35-37-38-41-44-47-50-53-56-59-62-68(71)74-65-66(64-73-67(70)61-58-55-52-49-46-43-40-27-24-21-18-15-12-9-6-3)75-69(72)63-60-57-54-51-48-45-42-39-36-31-29-26-23-20-17-14-11-8-5-2/h7,9-10,12,16,18-19,21,25,27-28,32-33,40,46,49,55,58,66H,4-6,8,11,13-15,17,20,22-24,26,29-31,34-39,41-45,47-48,50-54,56-57,59-65H2,1-3H3/b10-7-,12-9-,19-16-,21-18-,28-25-,33-32-,40-27-,49-46-,58-55-. The quantitative estimate of drug-likeness (QED) is 0.0261. The first-order valence-electron chi connectivity index (χ1n) is 31.4. The minimum atomic E-state index is -0.821. The number of unbranched alkanes of at least 4 members (excludes halogenated alkanes) is 28. The fraction of sp³-hybridized carbons (Fsp3) is 0.696. The third-order valence-electron chi connectivity index (χ3n) is 13.3. The Morgan fingerprint density at radius 1 is 0.293 bits per heavy atom. The molecule has 0 rings (SSSR count). The van der Waals surface area contributed by atoms with Crippen molar-refractivity contribution >= 4 is 17.9 Å². The lowest BCUT2D eigenvalue weighted by molar-refractivity contribution is -0.166. The average molecular weight is 1040 g/mol. The Balaban J connectivity index is 4.42. The summed E-state index contributed by atoms with van der Waals surface area (Å²) >= 11 is 0. The Hall–Kier alpha value is -3.93. The Labute approximate surface area is 463 Å². The maximum Gasteiger partial charge on any atom is 0.309 e. The summed E-state index contributed by atoms with van der Waals surface area (Å²) < 4.78 is 16.8. The van der Waals surface area contributed by atoms with Crippen LogP contribution in [0, 0.1) is 0 Å². The molecule has 0 saturated carbocycles. The molecule has 0 heterocycles. The van der Waals surface area contributed by atoms with E-state index in [-0.39, 0.29) is 31.6 Å². The average Bonchev–Trinajstić information content (AvgIpc) is 3.41. The van der Waals surface area contributed by atoms with Crippen LogP contribution in [0.1, 0.15) is 290 Å². The Bertz CT molecular complexity index is 1520. The number of carbonyl (C=O) groups is 3. The first-order chi connectivity index (χ1) is 37.0. The van der Waals surface area contributed by atoms with Gasteiger partial charge in [0, 0.05) is 12.8 Å². The van der Waals surface area contributed by atoms with Crippen LogP contribution in [0.5, 0.6) is 0 Å². The van der Waals surface area contributed by atoms with E-state index in [1.165, 1.54) is 154 Å². The minimum absolute atomic E-state index is 0.109. The van der Waals surface area contributed by atoms with Crippen molar-refractivity contribution < 1.29 is 28.6 Å². The molecule has 0 spiro atoms. The molecule has 1 atom stereocenters. The van der Waals surface area contributed by atoms with Gasteiger partial charge in [0.25, 0.3) is 0 Å². The molecule has 428 valence electrons. The van der Waals surface area contributed by atoms with Crippen LogP contribution in [0.2, 0.25) is 0 Å². The second-order valence-electron chi connectivity index (χ2n) is 20.6. The third-order valence-corrected chi connectivity index (χ3v) is 13.3. The third kappa shape index (κ3) is 60.8. The van der Waals surface area contributed by atoms with Crippen molar-refractivity contribution in [2.45, 2.75) is 297 Å². The smallest absolute Gasteiger partial charge is 0.309 e. The van der Waals surface area contributed by atoms with Crippen molar-refractivity contribution in [1.82, 2.24) is 0 Å². The van der Waals surface area contributed by atoms with E-state index in [1.807, 2.05) is 6.08 Å². The van der Waals surface area contributed by atoms with Crippen LogP contribution < -0.4 is 0 Å². The van der Waals surface area contributed by atoms with Crippen molar-refractivity contribution in [2.75, 3.05) is 13.2 Å². The zero-order valence-electron chi connectivity index (χ0n) is 49.0. The van der Waals surface area contributed by atoms with E-state index in [0.717, 1.165) is 96.3 Å². The van der Waals surface area contributed by atoms with Crippen molar-refractivity contribution in [2.24, 2.45) is 0 Å². The van der Waals surface area contributed by atoms with E-state index in [4.69, 9.17) is 14.2 Å². The molecule has 6 nitrogen and oxygen atoms in total. The number of allylic oxidation sites excluding steroid dienone is 17. The van der Waals surface area contributed by atoms with Crippen LogP contribution in [0.4, 0.5) is 0 Å². The highest BCUT2D eigenvalue weighted by atomic mass is 16.6. The van der Waals surface area contributed by atoms with Gasteiger partial charge in [-0.3, -0.25) is 14.4 Å². The van der Waals surface area contributed by atoms with Crippen molar-refractivity contribution in [1.29, 1.82) is 0 Å². The minimum Gasteiger partial charge on any atom is -0.462 e. The van der Waals surface area contributed by atoms with Crippen LogP contribution in [0.15, 0.2) is 109 Å². The first-order valence-corrected chi connectivity index (χ1v) is 31.4. The highest BCUT2D eigenvalue weighted by Crippen LogP contribution is 2.17. The zero-order chi connectivity index (χ0) is 54.3. The zero-order valence-corrected chi connectivity index (χ0v) is 49.0. The lowest BCUT2D eigenvalue weighted by atomic mass is 10.0. The molecule has 6 heteroatoms. The fourth-order valence-electron chi connectivity index (χ4n) is 8.69. The number of carbonyl (C=O) groups excluding carboxylic acids is 3. The van der Waals surface area contributed by atoms with Crippen LogP contribution >= 0.6 is 0 Å². The summed E-state index contributed by atoms with van der Waals surface area (Å²) in [6.45, 7) is 6.35. The molecular formula is C69H116O6. The Morgan fingerprint density at radius 2 is 0.573 bits per heavy atom. The number of esters is 3. The molecule has 0 saturated heterocycles. The van der Waals surface area contributed by atoms with E-state index in [0.29, 0.717) is 12.8 Å². The second kappa shape index (κ2) is 62.6. The summed E-state index contributed by atoms with van der Waals surface area (Å²) in [5.41, 5.74) is 0. The molecule has 0 aliphatic carbocycles. The molecule has 75 heavy (non-hydrogen) atoms. The predicted molar refractivity (Wildman–Crippen MR) is 325 cm³/mol. The van der Waals surface area contributed by atoms with Crippen molar-refractivity contribution in [3.8, 4) is 0 Å². The molecule has 0 fully saturated rings. The normalized spacial score (nSPS) is 12.8. The highest BCUT2D eigenvalue weighted by Gasteiger charge is 2.19. The van der Waals surface area contributed by atoms with Crippen LogP contribution in [0.25, 0.3) is 0 Å². The maximum absolute atomic E-state index is 12.9. The fourth-order valence-corrected chi connectivity index (χ4v) is 8.69. The van der Waals surface area contributed by atoms with E-state index in [2.05, 4.69) is 118 Å². The van der Waals surface area contributed by atoms with Gasteiger partial charge < -0.3 is 14.2 Å². The second-order valence-corrected chi connectivity index (χ2v) is 20.6. The monoisotopic (exact) mass is 1040 g/mol. The Kier molecular flexibility index (Phi) is 59.3. The molecule has 0 radical (unpaired) electrons. The largest absolute Gasteiger partial charge is 0.462 e. The van der Waals surface area contributed by atoms with Gasteiger partial charge in [-0.05, 0) is 83.5 Å². The van der Waals surface area contributed by atoms with Crippen molar-refractivity contribution in [3.63, 3.8) is 0 Å². The highest BCUT2D eigenvalue weighted by molar-refractivity contribution is 5.72. The maximum atomic E-state index is 12.9. The number of ether oxygens (including phenoxy) is 3. The SMILES string of the molecule is CC/C=C\C/C=C\C/C=C\C/C=C\C/C=C\CC(=O)OCC(COC(=O)CCCCCCCCCCCC/C=C\C/C=C\C/C=C\C/C=C\CC)OC(=O)CCCCCCCCCCCCCCCCCCCCC. The summed E-state index contributed by atoms with van der Waals surface area (Å²) in [4.78, 5) is 38.2. The summed E-state index contributed by atoms with van der Waals surface area (Å²) in [6, 6.07) is 0. The molecule has 0 aromatic rings. The molecular weight excluding hydrogens is 925 g/mol. The molecule has 0 aliphatic rings. The summed E-state index contributed by atoms with van der Waals surface area (Å²) in [7, 11) is 0. The molecule has 0 amide bonds. The number of hydrogen-bond acceptors (Lipinski definition) is 6. The Morgan fingerprint density at radius 3 is 0.933 bits per heavy atom. The van der Waals surface area contributed by atoms with Gasteiger partial charge in [-0.1, -0.05) is 297 Å². The topological polar surface area (TPSA) is 78.9 Å². The first kappa shape index (κ1) is 71.1. The van der Waals surface area contributed by atoms with Gasteiger partial charge in [0.1, 0.15) is 13.2 Å². The van der Waals surface area contributed by atoms with Gasteiger partial charge in [0.2, 0.25) is 0 Å². The predicted octanol–water partition coefficient (Wildman–Crippen LogP) is 21.4. The number of hydrogen-bond donors (Lipinski definition) is 0. The van der Waals surface area contributed by atoms with E-state index in [9.17, 15) is 14.4 Å². The van der Waals surface area contributed by atoms with Gasteiger partial charge in [-0.25, -0.2) is 0 Å². The lowest BCUT2D eigenvalue weighted by Gasteiger charge is -2.18. The lowest BCUT2D eigenvalue weighted by Crippen LogP contribution is -2.30. The molecule has 0 aromatic carbocycles. The summed E-state index contributed by atoms with van der Waals surface area (Å²) in [5.74, 6) is -1.04. The van der Waals surface area contributed by atoms with Crippen LogP contribution in [-0.4, -0.2) is 37.2 Å². The molecule has 0 aromatic heterocycles. The van der Waals surface area contributed by atoms with E-state index >= 15 is 0 Å². The van der Waals surface area contributed by atoms with Crippen LogP contribution in [0.3, 0.4) is 0 Å². The number of rotatable bonds is 56. The van der Waals surface area contributed by atoms with Gasteiger partial charge >= 0.3 is 17.9 Å². The van der Waals surface area contributed by atoms with Gasteiger partial charge in [-0.15, -0.1) is 0 Å². The molecule has 0 N–H and O–H groups in total. The van der Waals surface area contributed by atoms with Gasteiger partial charge in [0.15, 0.2) is 6.10 Å². The van der Waals surface area contributed by atoms with E-state index < -0.39 is 12.1 Å². The summed E-state index contributed by atoms with van der Waals surface area (Å²) in [5, 5.41) is 0.